The smallest absolute Gasteiger partial charge is 0.356 e. The Morgan fingerprint density at radius 1 is 1.24 bits per heavy atom. The van der Waals surface area contributed by atoms with Crippen molar-refractivity contribution in [3.63, 3.8) is 0 Å². The first kappa shape index (κ1) is 10.9. The van der Waals surface area contributed by atoms with E-state index in [2.05, 4.69) is 4.98 Å². The number of carbonyl (C=O) groups is 1. The quantitative estimate of drug-likeness (QED) is 0.730. The van der Waals surface area contributed by atoms with Gasteiger partial charge in [-0.15, -0.1) is 0 Å². The van der Waals surface area contributed by atoms with Gasteiger partial charge >= 0.3 is 5.97 Å². The van der Waals surface area contributed by atoms with Crippen LogP contribution in [0.2, 0.25) is 0 Å². The van der Waals surface area contributed by atoms with Crippen molar-refractivity contribution in [1.82, 2.24) is 4.98 Å². The van der Waals surface area contributed by atoms with Crippen molar-refractivity contribution in [2.45, 2.75) is 0 Å². The Bertz CT molecular complexity index is 582. The molecule has 0 atom stereocenters. The summed E-state index contributed by atoms with van der Waals surface area (Å²) in [6, 6.07) is 8.08. The molecular weight excluding hydrogens is 220 g/mol. The van der Waals surface area contributed by atoms with Crippen LogP contribution < -0.4 is 5.73 Å². The van der Waals surface area contributed by atoms with Crippen molar-refractivity contribution in [2.24, 2.45) is 0 Å². The molecule has 0 aliphatic carbocycles. The summed E-state index contributed by atoms with van der Waals surface area (Å²) in [6.07, 6.45) is 1.41. The molecule has 4 N–H and O–H groups in total. The summed E-state index contributed by atoms with van der Waals surface area (Å²) in [5.74, 6) is -1.03. The van der Waals surface area contributed by atoms with Gasteiger partial charge in [0.1, 0.15) is 5.75 Å². The van der Waals surface area contributed by atoms with Crippen molar-refractivity contribution in [3.8, 4) is 16.9 Å². The summed E-state index contributed by atoms with van der Waals surface area (Å²) >= 11 is 0. The molecule has 1 aromatic carbocycles. The molecule has 0 saturated heterocycles. The highest BCUT2D eigenvalue weighted by Crippen LogP contribution is 2.25. The van der Waals surface area contributed by atoms with E-state index in [4.69, 9.17) is 10.8 Å². The molecule has 1 aromatic heterocycles. The number of hydrogen-bond donors (Lipinski definition) is 3. The highest BCUT2D eigenvalue weighted by atomic mass is 16.4. The molecule has 0 aliphatic heterocycles. The van der Waals surface area contributed by atoms with Gasteiger partial charge in [0.15, 0.2) is 5.69 Å². The number of nitrogen functional groups attached to an aromatic ring is 1. The Balaban J connectivity index is 2.48. The zero-order valence-corrected chi connectivity index (χ0v) is 8.79. The van der Waals surface area contributed by atoms with Crippen LogP contribution in [0.25, 0.3) is 11.1 Å². The summed E-state index contributed by atoms with van der Waals surface area (Å²) < 4.78 is 0. The highest BCUT2D eigenvalue weighted by molar-refractivity contribution is 5.92. The van der Waals surface area contributed by atoms with Gasteiger partial charge in [-0.25, -0.2) is 9.78 Å². The van der Waals surface area contributed by atoms with Gasteiger partial charge in [-0.3, -0.25) is 0 Å². The fourth-order valence-corrected chi connectivity index (χ4v) is 1.50. The maximum atomic E-state index is 10.7. The number of aromatic nitrogens is 1. The van der Waals surface area contributed by atoms with Crippen LogP contribution in [0, 0.1) is 0 Å². The van der Waals surface area contributed by atoms with E-state index in [0.717, 1.165) is 5.56 Å². The molecule has 2 aromatic rings. The van der Waals surface area contributed by atoms with Crippen molar-refractivity contribution in [3.05, 3.63) is 42.2 Å². The minimum absolute atomic E-state index is 0.0957. The summed E-state index contributed by atoms with van der Waals surface area (Å²) in [5.41, 5.74) is 6.89. The zero-order valence-electron chi connectivity index (χ0n) is 8.79. The zero-order chi connectivity index (χ0) is 12.4. The third-order valence-corrected chi connectivity index (χ3v) is 2.30. The standard InChI is InChI=1S/C12H10N2O3/c13-10-5-8(6-14-11(10)12(16)17)7-2-1-3-9(15)4-7/h1-6,15H,13H2,(H,16,17). The van der Waals surface area contributed by atoms with E-state index >= 15 is 0 Å². The van der Waals surface area contributed by atoms with Crippen LogP contribution in [-0.4, -0.2) is 21.2 Å². The molecule has 0 saturated carbocycles. The monoisotopic (exact) mass is 230 g/mol. The Kier molecular flexibility index (Phi) is 2.66. The number of nitrogens with zero attached hydrogens (tertiary/aromatic N) is 1. The summed E-state index contributed by atoms with van der Waals surface area (Å²) in [6.45, 7) is 0. The van der Waals surface area contributed by atoms with E-state index < -0.39 is 5.97 Å². The normalized spacial score (nSPS) is 10.1. The van der Waals surface area contributed by atoms with Gasteiger partial charge in [0.2, 0.25) is 0 Å². The number of rotatable bonds is 2. The third-order valence-electron chi connectivity index (χ3n) is 2.30. The van der Waals surface area contributed by atoms with Crippen molar-refractivity contribution in [1.29, 1.82) is 0 Å². The van der Waals surface area contributed by atoms with E-state index in [-0.39, 0.29) is 17.1 Å². The molecule has 5 heteroatoms. The molecule has 17 heavy (non-hydrogen) atoms. The van der Waals surface area contributed by atoms with Gasteiger partial charge in [0.25, 0.3) is 0 Å². The fourth-order valence-electron chi connectivity index (χ4n) is 1.50. The number of nitrogens with two attached hydrogens (primary N) is 1. The second kappa shape index (κ2) is 4.13. The molecule has 5 nitrogen and oxygen atoms in total. The average Bonchev–Trinajstić information content (AvgIpc) is 2.28. The Morgan fingerprint density at radius 2 is 2.00 bits per heavy atom. The van der Waals surface area contributed by atoms with Crippen LogP contribution in [0.5, 0.6) is 5.75 Å². The van der Waals surface area contributed by atoms with E-state index in [1.165, 1.54) is 12.3 Å². The number of carboxylic acids is 1. The highest BCUT2D eigenvalue weighted by Gasteiger charge is 2.10. The minimum atomic E-state index is -1.16. The van der Waals surface area contributed by atoms with Crippen molar-refractivity contribution >= 4 is 11.7 Å². The Labute approximate surface area is 97.2 Å². The maximum absolute atomic E-state index is 10.7. The van der Waals surface area contributed by atoms with Crippen LogP contribution in [0.3, 0.4) is 0 Å². The number of aromatic hydroxyl groups is 1. The van der Waals surface area contributed by atoms with Gasteiger partial charge in [0.05, 0.1) is 5.69 Å². The molecule has 0 radical (unpaired) electrons. The van der Waals surface area contributed by atoms with Crippen LogP contribution in [-0.2, 0) is 0 Å². The molecule has 0 unspecified atom stereocenters. The van der Waals surface area contributed by atoms with E-state index in [1.807, 2.05) is 0 Å². The Morgan fingerprint density at radius 3 is 2.59 bits per heavy atom. The predicted molar refractivity (Wildman–Crippen MR) is 62.7 cm³/mol. The summed E-state index contributed by atoms with van der Waals surface area (Å²) in [4.78, 5) is 14.5. The number of phenols is 1. The molecule has 0 amide bonds. The van der Waals surface area contributed by atoms with Crippen LogP contribution in [0.15, 0.2) is 36.5 Å². The molecule has 2 rings (SSSR count). The maximum Gasteiger partial charge on any atom is 0.356 e. The van der Waals surface area contributed by atoms with Crippen LogP contribution >= 0.6 is 0 Å². The van der Waals surface area contributed by atoms with Gasteiger partial charge < -0.3 is 15.9 Å². The predicted octanol–water partition coefficient (Wildman–Crippen LogP) is 1.73. The first-order valence-corrected chi connectivity index (χ1v) is 4.86. The SMILES string of the molecule is Nc1cc(-c2cccc(O)c2)cnc1C(=O)O. The average molecular weight is 230 g/mol. The molecule has 0 aliphatic rings. The summed E-state index contributed by atoms with van der Waals surface area (Å²) in [7, 11) is 0. The second-order valence-electron chi connectivity index (χ2n) is 3.52. The topological polar surface area (TPSA) is 96.4 Å². The number of hydrogen-bond acceptors (Lipinski definition) is 4. The number of benzene rings is 1. The Hall–Kier alpha value is -2.56. The lowest BCUT2D eigenvalue weighted by Crippen LogP contribution is -2.05. The van der Waals surface area contributed by atoms with Gasteiger partial charge in [0, 0.05) is 11.8 Å². The second-order valence-corrected chi connectivity index (χ2v) is 3.52. The molecule has 0 spiro atoms. The lowest BCUT2D eigenvalue weighted by Gasteiger charge is -2.05. The van der Waals surface area contributed by atoms with E-state index in [1.54, 1.807) is 24.3 Å². The van der Waals surface area contributed by atoms with Crippen LogP contribution in [0.1, 0.15) is 10.5 Å². The number of phenolic OH excluding ortho intramolecular Hbond substituents is 1. The third kappa shape index (κ3) is 2.17. The van der Waals surface area contributed by atoms with Crippen LogP contribution in [0.4, 0.5) is 5.69 Å². The molecule has 86 valence electrons. The van der Waals surface area contributed by atoms with E-state index in [9.17, 15) is 9.90 Å². The first-order valence-electron chi connectivity index (χ1n) is 4.86. The summed E-state index contributed by atoms with van der Waals surface area (Å²) in [5, 5.41) is 18.1. The fraction of sp³-hybridized carbons (Fsp3) is 0. The number of pyridine rings is 1. The molecular formula is C12H10N2O3. The van der Waals surface area contributed by atoms with E-state index in [0.29, 0.717) is 5.56 Å². The minimum Gasteiger partial charge on any atom is -0.508 e. The molecule has 0 bridgehead atoms. The number of aromatic carboxylic acids is 1. The first-order chi connectivity index (χ1) is 8.08. The van der Waals surface area contributed by atoms with Crippen molar-refractivity contribution < 1.29 is 15.0 Å². The number of anilines is 1. The van der Waals surface area contributed by atoms with Crippen molar-refractivity contribution in [2.75, 3.05) is 5.73 Å². The number of carboxylic acid groups (broad SMARTS) is 1. The largest absolute Gasteiger partial charge is 0.508 e. The molecule has 0 fully saturated rings. The lowest BCUT2D eigenvalue weighted by molar-refractivity contribution is 0.0692. The lowest BCUT2D eigenvalue weighted by atomic mass is 10.1. The van der Waals surface area contributed by atoms with Gasteiger partial charge in [-0.1, -0.05) is 12.1 Å². The molecule has 1 heterocycles. The van der Waals surface area contributed by atoms with Gasteiger partial charge in [-0.05, 0) is 23.8 Å². The van der Waals surface area contributed by atoms with Gasteiger partial charge in [-0.2, -0.15) is 0 Å².